The molecule has 0 aliphatic heterocycles. The van der Waals surface area contributed by atoms with Crippen molar-refractivity contribution in [3.05, 3.63) is 35.6 Å². The smallest absolute Gasteiger partial charge is 0.327 e. The molecule has 92 valence electrons. The zero-order valence-corrected chi connectivity index (χ0v) is 9.11. The van der Waals surface area contributed by atoms with Crippen molar-refractivity contribution in [1.29, 1.82) is 0 Å². The molecule has 0 aromatic heterocycles. The predicted octanol–water partition coefficient (Wildman–Crippen LogP) is 3.07. The zero-order chi connectivity index (χ0) is 11.5. The second kappa shape index (κ2) is 6.06. The Morgan fingerprint density at radius 3 is 2.38 bits per heavy atom. The van der Waals surface area contributed by atoms with Gasteiger partial charge in [0.2, 0.25) is 0 Å². The van der Waals surface area contributed by atoms with Crippen LogP contribution in [0.3, 0.4) is 0 Å². The molecule has 0 bridgehead atoms. The van der Waals surface area contributed by atoms with E-state index in [1.165, 1.54) is 18.2 Å². The van der Waals surface area contributed by atoms with E-state index in [9.17, 15) is 17.6 Å². The fraction of sp³-hybridized carbons (Fsp3) is 0.400. The van der Waals surface area contributed by atoms with Crippen LogP contribution in [0.2, 0.25) is 0 Å². The molecule has 0 saturated heterocycles. The maximum absolute atomic E-state index is 12.7. The Kier molecular flexibility index (Phi) is 5.75. The summed E-state index contributed by atoms with van der Waals surface area (Å²) in [5.41, 5.74) is 5.78. The summed E-state index contributed by atoms with van der Waals surface area (Å²) in [5, 5.41) is 0. The van der Waals surface area contributed by atoms with Crippen molar-refractivity contribution in [3.8, 4) is 0 Å². The van der Waals surface area contributed by atoms with Crippen LogP contribution < -0.4 is 5.73 Å². The summed E-state index contributed by atoms with van der Waals surface area (Å²) in [6.07, 6.45) is -5.30. The average Bonchev–Trinajstić information content (AvgIpc) is 1.99. The second-order valence-electron chi connectivity index (χ2n) is 3.41. The van der Waals surface area contributed by atoms with Gasteiger partial charge in [-0.3, -0.25) is 0 Å². The van der Waals surface area contributed by atoms with Gasteiger partial charge in [0.1, 0.15) is 5.82 Å². The first-order valence-corrected chi connectivity index (χ1v) is 4.43. The lowest BCUT2D eigenvalue weighted by atomic mass is 10.0. The van der Waals surface area contributed by atoms with Gasteiger partial charge in [-0.1, -0.05) is 12.1 Å². The third-order valence-electron chi connectivity index (χ3n) is 1.88. The first kappa shape index (κ1) is 15.2. The molecule has 0 fully saturated rings. The molecule has 1 aromatic carbocycles. The first-order valence-electron chi connectivity index (χ1n) is 4.43. The summed E-state index contributed by atoms with van der Waals surface area (Å²) in [7, 11) is 0. The van der Waals surface area contributed by atoms with Crippen LogP contribution in [0.5, 0.6) is 0 Å². The molecule has 0 aliphatic carbocycles. The Hall–Kier alpha value is -0.810. The van der Waals surface area contributed by atoms with Crippen LogP contribution in [0.25, 0.3) is 0 Å². The zero-order valence-electron chi connectivity index (χ0n) is 8.30. The number of benzene rings is 1. The minimum atomic E-state index is -4.27. The van der Waals surface area contributed by atoms with E-state index < -0.39 is 24.5 Å². The van der Waals surface area contributed by atoms with E-state index in [2.05, 4.69) is 0 Å². The molecule has 1 unspecified atom stereocenters. The molecule has 1 atom stereocenters. The highest BCUT2D eigenvalue weighted by Crippen LogP contribution is 2.22. The summed E-state index contributed by atoms with van der Waals surface area (Å²) in [5.74, 6) is -0.466. The van der Waals surface area contributed by atoms with E-state index in [1.807, 2.05) is 0 Å². The Labute approximate surface area is 97.0 Å². The Balaban J connectivity index is 0.00000225. The summed E-state index contributed by atoms with van der Waals surface area (Å²) in [4.78, 5) is 0. The maximum Gasteiger partial charge on any atom is 0.390 e. The van der Waals surface area contributed by atoms with Crippen LogP contribution in [-0.2, 0) is 6.42 Å². The predicted molar refractivity (Wildman–Crippen MR) is 56.0 cm³/mol. The van der Waals surface area contributed by atoms with Crippen molar-refractivity contribution in [3.63, 3.8) is 0 Å². The molecule has 0 radical (unpaired) electrons. The van der Waals surface area contributed by atoms with Gasteiger partial charge in [0, 0.05) is 6.04 Å². The van der Waals surface area contributed by atoms with E-state index in [-0.39, 0.29) is 18.8 Å². The van der Waals surface area contributed by atoms with Crippen molar-refractivity contribution < 1.29 is 17.6 Å². The highest BCUT2D eigenvalue weighted by Gasteiger charge is 2.30. The topological polar surface area (TPSA) is 26.0 Å². The van der Waals surface area contributed by atoms with Crippen LogP contribution in [0, 0.1) is 5.82 Å². The Morgan fingerprint density at radius 2 is 1.88 bits per heavy atom. The minimum Gasteiger partial charge on any atom is -0.327 e. The molecular formula is C10H12ClF4N. The van der Waals surface area contributed by atoms with Crippen LogP contribution in [-0.4, -0.2) is 12.2 Å². The third-order valence-corrected chi connectivity index (χ3v) is 1.88. The van der Waals surface area contributed by atoms with Gasteiger partial charge < -0.3 is 5.73 Å². The molecule has 0 spiro atoms. The van der Waals surface area contributed by atoms with Crippen LogP contribution in [0.1, 0.15) is 12.0 Å². The highest BCUT2D eigenvalue weighted by molar-refractivity contribution is 5.85. The summed E-state index contributed by atoms with van der Waals surface area (Å²) >= 11 is 0. The fourth-order valence-corrected chi connectivity index (χ4v) is 1.34. The molecule has 0 heterocycles. The first-order chi connectivity index (χ1) is 6.87. The molecule has 0 aliphatic rings. The van der Waals surface area contributed by atoms with Crippen LogP contribution >= 0.6 is 12.4 Å². The average molecular weight is 258 g/mol. The second-order valence-corrected chi connectivity index (χ2v) is 3.41. The van der Waals surface area contributed by atoms with Crippen molar-refractivity contribution in [2.75, 3.05) is 0 Å². The van der Waals surface area contributed by atoms with Crippen molar-refractivity contribution in [1.82, 2.24) is 0 Å². The number of halogens is 5. The van der Waals surface area contributed by atoms with E-state index in [0.29, 0.717) is 5.56 Å². The normalized spacial score (nSPS) is 13.1. The van der Waals surface area contributed by atoms with Gasteiger partial charge in [-0.15, -0.1) is 12.4 Å². The number of rotatable bonds is 3. The van der Waals surface area contributed by atoms with E-state index >= 15 is 0 Å². The van der Waals surface area contributed by atoms with Gasteiger partial charge >= 0.3 is 6.18 Å². The van der Waals surface area contributed by atoms with Gasteiger partial charge in [-0.05, 0) is 24.1 Å². The molecule has 1 aromatic rings. The SMILES string of the molecule is Cl.NC(Cc1cccc(F)c1)CC(F)(F)F. The van der Waals surface area contributed by atoms with Crippen LogP contribution in [0.4, 0.5) is 17.6 Å². The number of hydrogen-bond donors (Lipinski definition) is 1. The minimum absolute atomic E-state index is 0. The Morgan fingerprint density at radius 1 is 1.25 bits per heavy atom. The standard InChI is InChI=1S/C10H11F4N.ClH/c11-8-3-1-2-7(4-8)5-9(15)6-10(12,13)14;/h1-4,9H,5-6,15H2;1H. The number of nitrogens with two attached hydrogens (primary N) is 1. The number of hydrogen-bond acceptors (Lipinski definition) is 1. The molecular weight excluding hydrogens is 246 g/mol. The molecule has 6 heteroatoms. The van der Waals surface area contributed by atoms with Crippen LogP contribution in [0.15, 0.2) is 24.3 Å². The molecule has 1 nitrogen and oxygen atoms in total. The molecule has 0 amide bonds. The maximum atomic E-state index is 12.7. The number of alkyl halides is 3. The lowest BCUT2D eigenvalue weighted by molar-refractivity contribution is -0.138. The van der Waals surface area contributed by atoms with E-state index in [1.54, 1.807) is 6.07 Å². The summed E-state index contributed by atoms with van der Waals surface area (Å²) < 4.78 is 48.5. The molecule has 0 saturated carbocycles. The lowest BCUT2D eigenvalue weighted by Gasteiger charge is -2.13. The molecule has 2 N–H and O–H groups in total. The van der Waals surface area contributed by atoms with Gasteiger partial charge in [-0.2, -0.15) is 13.2 Å². The highest BCUT2D eigenvalue weighted by atomic mass is 35.5. The van der Waals surface area contributed by atoms with E-state index in [0.717, 1.165) is 0 Å². The molecule has 16 heavy (non-hydrogen) atoms. The van der Waals surface area contributed by atoms with Crippen molar-refractivity contribution in [2.24, 2.45) is 5.73 Å². The monoisotopic (exact) mass is 257 g/mol. The van der Waals surface area contributed by atoms with Crippen molar-refractivity contribution >= 4 is 12.4 Å². The van der Waals surface area contributed by atoms with Gasteiger partial charge in [-0.25, -0.2) is 4.39 Å². The van der Waals surface area contributed by atoms with Gasteiger partial charge in [0.05, 0.1) is 6.42 Å². The van der Waals surface area contributed by atoms with E-state index in [4.69, 9.17) is 5.73 Å². The molecule has 1 rings (SSSR count). The lowest BCUT2D eigenvalue weighted by Crippen LogP contribution is -2.29. The van der Waals surface area contributed by atoms with Crippen molar-refractivity contribution in [2.45, 2.75) is 25.1 Å². The largest absolute Gasteiger partial charge is 0.390 e. The quantitative estimate of drug-likeness (QED) is 0.828. The summed E-state index contributed by atoms with van der Waals surface area (Å²) in [6.45, 7) is 0. The Bertz CT molecular complexity index is 327. The third kappa shape index (κ3) is 5.92. The van der Waals surface area contributed by atoms with Gasteiger partial charge in [0.25, 0.3) is 0 Å². The fourth-order valence-electron chi connectivity index (χ4n) is 1.34. The summed E-state index contributed by atoms with van der Waals surface area (Å²) in [6, 6.07) is 4.41. The van der Waals surface area contributed by atoms with Gasteiger partial charge in [0.15, 0.2) is 0 Å².